The van der Waals surface area contributed by atoms with Gasteiger partial charge in [0.2, 0.25) is 11.8 Å². The number of hydrogen-bond donors (Lipinski definition) is 0. The Balaban J connectivity index is 1.79. The van der Waals surface area contributed by atoms with Gasteiger partial charge in [-0.15, -0.1) is 5.10 Å². The van der Waals surface area contributed by atoms with Crippen LogP contribution in [0.25, 0.3) is 11.5 Å². The van der Waals surface area contributed by atoms with Gasteiger partial charge in [-0.2, -0.15) is 4.68 Å². The molecule has 0 N–H and O–H groups in total. The number of hydrogen-bond acceptors (Lipinski definition) is 5. The van der Waals surface area contributed by atoms with Crippen molar-refractivity contribution in [1.82, 2.24) is 19.7 Å². The van der Waals surface area contributed by atoms with Crippen LogP contribution in [0, 0.1) is 0 Å². The smallest absolute Gasteiger partial charge is 0.388 e. The second kappa shape index (κ2) is 6.36. The summed E-state index contributed by atoms with van der Waals surface area (Å²) in [7, 11) is 0. The molecule has 1 fully saturated rings. The molecule has 122 valence electrons. The Kier molecular flexibility index (Phi) is 4.27. The first kappa shape index (κ1) is 15.5. The molecule has 1 saturated heterocycles. The van der Waals surface area contributed by atoms with Crippen molar-refractivity contribution >= 4 is 5.91 Å². The molecule has 2 atom stereocenters. The third-order valence-corrected chi connectivity index (χ3v) is 4.30. The molecule has 1 aliphatic heterocycles. The fourth-order valence-corrected chi connectivity index (χ4v) is 3.14. The quantitative estimate of drug-likeness (QED) is 0.860. The second-order valence-corrected chi connectivity index (χ2v) is 6.00. The van der Waals surface area contributed by atoms with Gasteiger partial charge in [0.05, 0.1) is 0 Å². The predicted molar refractivity (Wildman–Crippen MR) is 83.6 cm³/mol. The van der Waals surface area contributed by atoms with Gasteiger partial charge >= 0.3 is 5.76 Å². The van der Waals surface area contributed by atoms with Gasteiger partial charge in [-0.3, -0.25) is 9.78 Å². The van der Waals surface area contributed by atoms with Gasteiger partial charge in [0.15, 0.2) is 0 Å². The van der Waals surface area contributed by atoms with E-state index in [9.17, 15) is 9.59 Å². The minimum atomic E-state index is -0.623. The molecule has 1 amide bonds. The highest BCUT2D eigenvalue weighted by molar-refractivity contribution is 5.76. The monoisotopic (exact) mass is 316 g/mol. The highest BCUT2D eigenvalue weighted by Crippen LogP contribution is 2.22. The maximum absolute atomic E-state index is 12.6. The number of rotatable bonds is 3. The van der Waals surface area contributed by atoms with E-state index in [0.717, 1.165) is 23.9 Å². The van der Waals surface area contributed by atoms with E-state index >= 15 is 0 Å². The largest absolute Gasteiger partial charge is 0.437 e. The number of piperidine rings is 1. The summed E-state index contributed by atoms with van der Waals surface area (Å²) in [6.45, 7) is 3.99. The maximum Gasteiger partial charge on any atom is 0.437 e. The topological polar surface area (TPSA) is 81.2 Å². The number of likely N-dealkylation sites (tertiary alicyclic amines) is 1. The van der Waals surface area contributed by atoms with Crippen molar-refractivity contribution in [1.29, 1.82) is 0 Å². The lowest BCUT2D eigenvalue weighted by Crippen LogP contribution is -2.49. The van der Waals surface area contributed by atoms with Crippen LogP contribution in [0.15, 0.2) is 33.7 Å². The Bertz CT molecular complexity index is 727. The first-order chi connectivity index (χ1) is 11.1. The van der Waals surface area contributed by atoms with E-state index in [1.165, 1.54) is 0 Å². The normalized spacial score (nSPS) is 21.4. The van der Waals surface area contributed by atoms with Crippen LogP contribution in [0.1, 0.15) is 33.1 Å². The van der Waals surface area contributed by atoms with Crippen LogP contribution in [-0.2, 0) is 11.3 Å². The molecule has 1 aliphatic rings. The van der Waals surface area contributed by atoms with Crippen molar-refractivity contribution in [3.8, 4) is 11.5 Å². The van der Waals surface area contributed by atoms with Crippen LogP contribution in [0.3, 0.4) is 0 Å². The molecule has 0 radical (unpaired) electrons. The Morgan fingerprint density at radius 2 is 1.91 bits per heavy atom. The van der Waals surface area contributed by atoms with Crippen LogP contribution in [-0.4, -0.2) is 37.7 Å². The van der Waals surface area contributed by atoms with Gasteiger partial charge in [-0.1, -0.05) is 0 Å². The average Bonchev–Trinajstić information content (AvgIpc) is 2.89. The first-order valence-corrected chi connectivity index (χ1v) is 7.86. The molecule has 3 rings (SSSR count). The minimum absolute atomic E-state index is 0.0951. The van der Waals surface area contributed by atoms with E-state index in [4.69, 9.17) is 4.42 Å². The third-order valence-electron chi connectivity index (χ3n) is 4.30. The van der Waals surface area contributed by atoms with E-state index in [-0.39, 0.29) is 30.4 Å². The lowest BCUT2D eigenvalue weighted by molar-refractivity contribution is -0.138. The molecule has 2 aromatic rings. The molecule has 0 aliphatic carbocycles. The van der Waals surface area contributed by atoms with Crippen LogP contribution in [0.2, 0.25) is 0 Å². The standard InChI is InChI=1S/C16H20N4O3/c1-11-4-3-5-12(2)20(11)14(21)10-19-16(22)23-15(18-19)13-6-8-17-9-7-13/h6-9,11-12H,3-5,10H2,1-2H3/t11-,12+. The zero-order chi connectivity index (χ0) is 16.4. The van der Waals surface area contributed by atoms with Crippen LogP contribution >= 0.6 is 0 Å². The van der Waals surface area contributed by atoms with Crippen molar-refractivity contribution in [2.75, 3.05) is 0 Å². The molecule has 0 unspecified atom stereocenters. The summed E-state index contributed by atoms with van der Waals surface area (Å²) in [5, 5.41) is 4.13. The van der Waals surface area contributed by atoms with Crippen LogP contribution < -0.4 is 5.76 Å². The van der Waals surface area contributed by atoms with Crippen LogP contribution in [0.5, 0.6) is 0 Å². The summed E-state index contributed by atoms with van der Waals surface area (Å²) in [5.74, 6) is -0.520. The van der Waals surface area contributed by atoms with Gasteiger partial charge in [-0.05, 0) is 45.2 Å². The third kappa shape index (κ3) is 3.18. The minimum Gasteiger partial charge on any atom is -0.388 e. The number of aromatic nitrogens is 3. The lowest BCUT2D eigenvalue weighted by Gasteiger charge is -2.38. The van der Waals surface area contributed by atoms with Gasteiger partial charge in [0.1, 0.15) is 6.54 Å². The van der Waals surface area contributed by atoms with Gasteiger partial charge in [0, 0.05) is 30.0 Å². The molecule has 0 saturated carbocycles. The first-order valence-electron chi connectivity index (χ1n) is 7.86. The second-order valence-electron chi connectivity index (χ2n) is 6.00. The van der Waals surface area contributed by atoms with E-state index in [1.54, 1.807) is 24.5 Å². The lowest BCUT2D eigenvalue weighted by atomic mass is 9.97. The predicted octanol–water partition coefficient (Wildman–Crippen LogP) is 1.69. The fourth-order valence-electron chi connectivity index (χ4n) is 3.14. The zero-order valence-corrected chi connectivity index (χ0v) is 13.3. The molecule has 7 nitrogen and oxygen atoms in total. The summed E-state index contributed by atoms with van der Waals surface area (Å²) >= 11 is 0. The van der Waals surface area contributed by atoms with Gasteiger partial charge in [-0.25, -0.2) is 4.79 Å². The van der Waals surface area contributed by atoms with Gasteiger partial charge in [0.25, 0.3) is 0 Å². The van der Waals surface area contributed by atoms with E-state index < -0.39 is 5.76 Å². The molecule has 3 heterocycles. The number of pyridine rings is 1. The molecule has 7 heteroatoms. The van der Waals surface area contributed by atoms with E-state index in [2.05, 4.69) is 10.1 Å². The average molecular weight is 316 g/mol. The van der Waals surface area contributed by atoms with Crippen molar-refractivity contribution < 1.29 is 9.21 Å². The molecule has 0 spiro atoms. The van der Waals surface area contributed by atoms with Crippen molar-refractivity contribution in [3.63, 3.8) is 0 Å². The Morgan fingerprint density at radius 1 is 1.26 bits per heavy atom. The highest BCUT2D eigenvalue weighted by atomic mass is 16.4. The number of nitrogens with zero attached hydrogens (tertiary/aromatic N) is 4. The molecule has 0 aromatic carbocycles. The molecular weight excluding hydrogens is 296 g/mol. The van der Waals surface area contributed by atoms with Crippen molar-refractivity contribution in [2.45, 2.75) is 51.7 Å². The maximum atomic E-state index is 12.6. The molecule has 2 aromatic heterocycles. The summed E-state index contributed by atoms with van der Waals surface area (Å²) in [5.41, 5.74) is 0.656. The Morgan fingerprint density at radius 3 is 2.57 bits per heavy atom. The fraction of sp³-hybridized carbons (Fsp3) is 0.500. The summed E-state index contributed by atoms with van der Waals surface area (Å²) in [4.78, 5) is 30.3. The van der Waals surface area contributed by atoms with Gasteiger partial charge < -0.3 is 9.32 Å². The zero-order valence-electron chi connectivity index (χ0n) is 13.3. The van der Waals surface area contributed by atoms with Crippen molar-refractivity contribution in [2.24, 2.45) is 0 Å². The van der Waals surface area contributed by atoms with Crippen LogP contribution in [0.4, 0.5) is 0 Å². The number of amides is 1. The summed E-state index contributed by atoms with van der Waals surface area (Å²) < 4.78 is 6.23. The molecule has 0 bridgehead atoms. The number of carbonyl (C=O) groups excluding carboxylic acids is 1. The molecular formula is C16H20N4O3. The van der Waals surface area contributed by atoms with E-state index in [0.29, 0.717) is 5.56 Å². The SMILES string of the molecule is C[C@@H]1CCC[C@H](C)N1C(=O)Cn1nc(-c2ccncc2)oc1=O. The molecule has 23 heavy (non-hydrogen) atoms. The van der Waals surface area contributed by atoms with Crippen molar-refractivity contribution in [3.05, 3.63) is 35.1 Å². The highest BCUT2D eigenvalue weighted by Gasteiger charge is 2.29. The Labute approximate surface area is 133 Å². The summed E-state index contributed by atoms with van der Waals surface area (Å²) in [6, 6.07) is 3.78. The Hall–Kier alpha value is -2.44. The summed E-state index contributed by atoms with van der Waals surface area (Å²) in [6.07, 6.45) is 6.30. The number of carbonyl (C=O) groups is 1. The van der Waals surface area contributed by atoms with E-state index in [1.807, 2.05) is 18.7 Å².